The molecule has 0 saturated carbocycles. The summed E-state index contributed by atoms with van der Waals surface area (Å²) in [4.78, 5) is 13.3. The third-order valence-electron chi connectivity index (χ3n) is 2.60. The van der Waals surface area contributed by atoms with Gasteiger partial charge in [0, 0.05) is 25.3 Å². The second kappa shape index (κ2) is 4.06. The van der Waals surface area contributed by atoms with Crippen LogP contribution in [0.4, 0.5) is 13.2 Å². The summed E-state index contributed by atoms with van der Waals surface area (Å²) in [5.74, 6) is -0.402. The van der Waals surface area contributed by atoms with E-state index in [9.17, 15) is 18.0 Å². The van der Waals surface area contributed by atoms with E-state index in [-0.39, 0.29) is 11.7 Å². The molecule has 0 atom stereocenters. The molecule has 1 fully saturated rings. The van der Waals surface area contributed by atoms with Crippen molar-refractivity contribution in [2.75, 3.05) is 13.1 Å². The molecule has 2 N–H and O–H groups in total. The van der Waals surface area contributed by atoms with Crippen LogP contribution in [0.25, 0.3) is 0 Å². The number of aromatic nitrogens is 1. The Kier molecular flexibility index (Phi) is 2.86. The molecule has 17 heavy (non-hydrogen) atoms. The van der Waals surface area contributed by atoms with E-state index in [4.69, 9.17) is 5.73 Å². The highest BCUT2D eigenvalue weighted by molar-refractivity contribution is 5.93. The second-order valence-electron chi connectivity index (χ2n) is 4.11. The normalized spacial score (nSPS) is 17.1. The van der Waals surface area contributed by atoms with Crippen molar-refractivity contribution in [3.8, 4) is 0 Å². The average Bonchev–Trinajstić information content (AvgIpc) is 2.57. The molecule has 0 spiro atoms. The molecule has 2 rings (SSSR count). The number of carbonyl (C=O) groups excluding carboxylic acids is 1. The summed E-state index contributed by atoms with van der Waals surface area (Å²) < 4.78 is 37.7. The number of alkyl halides is 3. The standard InChI is InChI=1S/C10H12F3N3O/c11-10(12,13)6-15-3-1-2-8(15)9(17)16-4-7(14)5-16/h1-3,7H,4-6,14H2. The predicted molar refractivity (Wildman–Crippen MR) is 54.4 cm³/mol. The van der Waals surface area contributed by atoms with Crippen molar-refractivity contribution in [3.05, 3.63) is 24.0 Å². The van der Waals surface area contributed by atoms with E-state index < -0.39 is 18.6 Å². The molecule has 2 heterocycles. The van der Waals surface area contributed by atoms with Crippen LogP contribution in [0, 0.1) is 0 Å². The van der Waals surface area contributed by atoms with E-state index >= 15 is 0 Å². The highest BCUT2D eigenvalue weighted by Gasteiger charge is 2.33. The summed E-state index contributed by atoms with van der Waals surface area (Å²) in [5, 5.41) is 0. The van der Waals surface area contributed by atoms with Crippen LogP contribution in [0.3, 0.4) is 0 Å². The van der Waals surface area contributed by atoms with Gasteiger partial charge in [0.15, 0.2) is 0 Å². The van der Waals surface area contributed by atoms with Crippen molar-refractivity contribution >= 4 is 5.91 Å². The first-order valence-electron chi connectivity index (χ1n) is 5.13. The van der Waals surface area contributed by atoms with E-state index in [1.54, 1.807) is 0 Å². The Morgan fingerprint density at radius 3 is 2.65 bits per heavy atom. The van der Waals surface area contributed by atoms with Crippen LogP contribution in [0.15, 0.2) is 18.3 Å². The Bertz CT molecular complexity index is 421. The van der Waals surface area contributed by atoms with Crippen LogP contribution in [0.2, 0.25) is 0 Å². The molecule has 1 aliphatic heterocycles. The summed E-state index contributed by atoms with van der Waals surface area (Å²) in [6, 6.07) is 2.75. The van der Waals surface area contributed by atoms with E-state index in [0.29, 0.717) is 13.1 Å². The third-order valence-corrected chi connectivity index (χ3v) is 2.60. The first kappa shape index (κ1) is 12.0. The number of nitrogens with zero attached hydrogens (tertiary/aromatic N) is 2. The second-order valence-corrected chi connectivity index (χ2v) is 4.11. The lowest BCUT2D eigenvalue weighted by atomic mass is 10.1. The number of hydrogen-bond acceptors (Lipinski definition) is 2. The first-order chi connectivity index (χ1) is 7.87. The maximum Gasteiger partial charge on any atom is 0.406 e. The smallest absolute Gasteiger partial charge is 0.334 e. The molecular formula is C10H12F3N3O. The Balaban J connectivity index is 2.11. The van der Waals surface area contributed by atoms with Gasteiger partial charge in [-0.15, -0.1) is 0 Å². The monoisotopic (exact) mass is 247 g/mol. The maximum absolute atomic E-state index is 12.3. The van der Waals surface area contributed by atoms with Gasteiger partial charge >= 0.3 is 6.18 Å². The SMILES string of the molecule is NC1CN(C(=O)c2cccn2CC(F)(F)F)C1. The van der Waals surface area contributed by atoms with Gasteiger partial charge in [0.1, 0.15) is 12.2 Å². The Labute approximate surface area is 95.8 Å². The van der Waals surface area contributed by atoms with E-state index in [1.165, 1.54) is 23.2 Å². The predicted octanol–water partition coefficient (Wildman–Crippen LogP) is 0.833. The molecule has 1 aromatic rings. The fraction of sp³-hybridized carbons (Fsp3) is 0.500. The van der Waals surface area contributed by atoms with Crippen LogP contribution in [0.1, 0.15) is 10.5 Å². The molecule has 0 radical (unpaired) electrons. The van der Waals surface area contributed by atoms with Crippen LogP contribution in [-0.2, 0) is 6.54 Å². The lowest BCUT2D eigenvalue weighted by Crippen LogP contribution is -2.58. The molecule has 4 nitrogen and oxygen atoms in total. The minimum absolute atomic E-state index is 0.0502. The van der Waals surface area contributed by atoms with Crippen LogP contribution >= 0.6 is 0 Å². The third kappa shape index (κ3) is 2.60. The number of carbonyl (C=O) groups is 1. The maximum atomic E-state index is 12.3. The molecule has 0 aliphatic carbocycles. The van der Waals surface area contributed by atoms with E-state index in [2.05, 4.69) is 0 Å². The van der Waals surface area contributed by atoms with Crippen LogP contribution in [-0.4, -0.2) is 40.7 Å². The van der Waals surface area contributed by atoms with Gasteiger partial charge in [0.2, 0.25) is 0 Å². The fourth-order valence-electron chi connectivity index (χ4n) is 1.78. The lowest BCUT2D eigenvalue weighted by Gasteiger charge is -2.36. The number of rotatable bonds is 2. The molecule has 0 unspecified atom stereocenters. The molecule has 94 valence electrons. The summed E-state index contributed by atoms with van der Waals surface area (Å²) in [6.07, 6.45) is -3.08. The number of halogens is 3. The zero-order valence-corrected chi connectivity index (χ0v) is 8.94. The highest BCUT2D eigenvalue weighted by Crippen LogP contribution is 2.20. The minimum atomic E-state index is -4.33. The Morgan fingerprint density at radius 2 is 2.12 bits per heavy atom. The Hall–Kier alpha value is -1.50. The van der Waals surface area contributed by atoms with E-state index in [0.717, 1.165) is 4.57 Å². The van der Waals surface area contributed by atoms with Gasteiger partial charge in [-0.2, -0.15) is 13.2 Å². The molecule has 7 heteroatoms. The van der Waals surface area contributed by atoms with Gasteiger partial charge in [-0.05, 0) is 12.1 Å². The highest BCUT2D eigenvalue weighted by atomic mass is 19.4. The first-order valence-corrected chi connectivity index (χ1v) is 5.13. The lowest BCUT2D eigenvalue weighted by molar-refractivity contribution is -0.140. The average molecular weight is 247 g/mol. The van der Waals surface area contributed by atoms with Crippen LogP contribution in [0.5, 0.6) is 0 Å². The number of hydrogen-bond donors (Lipinski definition) is 1. The molecular weight excluding hydrogens is 235 g/mol. The molecule has 1 aliphatic rings. The summed E-state index contributed by atoms with van der Waals surface area (Å²) >= 11 is 0. The van der Waals surface area contributed by atoms with Gasteiger partial charge in [0.05, 0.1) is 0 Å². The van der Waals surface area contributed by atoms with E-state index in [1.807, 2.05) is 0 Å². The van der Waals surface area contributed by atoms with Gasteiger partial charge in [-0.25, -0.2) is 0 Å². The number of likely N-dealkylation sites (tertiary alicyclic amines) is 1. The zero-order valence-electron chi connectivity index (χ0n) is 8.94. The Morgan fingerprint density at radius 1 is 1.47 bits per heavy atom. The van der Waals surface area contributed by atoms with Crippen molar-refractivity contribution in [2.45, 2.75) is 18.8 Å². The molecule has 1 saturated heterocycles. The van der Waals surface area contributed by atoms with Crippen molar-refractivity contribution in [2.24, 2.45) is 5.73 Å². The van der Waals surface area contributed by atoms with Crippen molar-refractivity contribution in [3.63, 3.8) is 0 Å². The summed E-state index contributed by atoms with van der Waals surface area (Å²) in [6.45, 7) is -0.354. The number of nitrogens with two attached hydrogens (primary N) is 1. The molecule has 1 aromatic heterocycles. The summed E-state index contributed by atoms with van der Waals surface area (Å²) in [7, 11) is 0. The fourth-order valence-corrected chi connectivity index (χ4v) is 1.78. The quantitative estimate of drug-likeness (QED) is 0.841. The van der Waals surface area contributed by atoms with Crippen molar-refractivity contribution in [1.29, 1.82) is 0 Å². The van der Waals surface area contributed by atoms with Gasteiger partial charge < -0.3 is 15.2 Å². The van der Waals surface area contributed by atoms with Crippen molar-refractivity contribution < 1.29 is 18.0 Å². The number of amides is 1. The topological polar surface area (TPSA) is 51.3 Å². The van der Waals surface area contributed by atoms with Crippen molar-refractivity contribution in [1.82, 2.24) is 9.47 Å². The minimum Gasteiger partial charge on any atom is -0.334 e. The molecule has 0 bridgehead atoms. The molecule has 1 amide bonds. The zero-order chi connectivity index (χ0) is 12.6. The van der Waals surface area contributed by atoms with Gasteiger partial charge in [0.25, 0.3) is 5.91 Å². The van der Waals surface area contributed by atoms with Crippen LogP contribution < -0.4 is 5.73 Å². The van der Waals surface area contributed by atoms with Gasteiger partial charge in [-0.1, -0.05) is 0 Å². The van der Waals surface area contributed by atoms with Gasteiger partial charge in [-0.3, -0.25) is 4.79 Å². The summed E-state index contributed by atoms with van der Waals surface area (Å²) in [5.41, 5.74) is 5.57. The largest absolute Gasteiger partial charge is 0.406 e. The molecule has 0 aromatic carbocycles.